The zero-order valence-electron chi connectivity index (χ0n) is 15.2. The summed E-state index contributed by atoms with van der Waals surface area (Å²) in [6.07, 6.45) is -4.77. The fourth-order valence-electron chi connectivity index (χ4n) is 2.33. The van der Waals surface area contributed by atoms with Gasteiger partial charge in [-0.05, 0) is 42.5 Å². The third kappa shape index (κ3) is 6.90. The Kier molecular flexibility index (Phi) is 7.38. The van der Waals surface area contributed by atoms with Gasteiger partial charge >= 0.3 is 6.18 Å². The summed E-state index contributed by atoms with van der Waals surface area (Å²) in [7, 11) is 0. The van der Waals surface area contributed by atoms with Crippen LogP contribution >= 0.6 is 15.9 Å². The second kappa shape index (κ2) is 9.55. The largest absolute Gasteiger partial charge is 0.416 e. The highest BCUT2D eigenvalue weighted by atomic mass is 79.9. The Hall–Kier alpha value is -2.88. The number of hydrogen-bond acceptors (Lipinski definition) is 3. The van der Waals surface area contributed by atoms with Gasteiger partial charge in [0.05, 0.1) is 16.9 Å². The van der Waals surface area contributed by atoms with Gasteiger partial charge in [0.1, 0.15) is 0 Å². The molecule has 0 fully saturated rings. The van der Waals surface area contributed by atoms with Crippen molar-refractivity contribution in [2.24, 2.45) is 0 Å². The Bertz CT molecular complexity index is 915. The molecule has 2 rings (SSSR count). The molecule has 10 heteroatoms. The molecule has 6 nitrogen and oxygen atoms in total. The van der Waals surface area contributed by atoms with Crippen LogP contribution in [0, 0.1) is 0 Å². The van der Waals surface area contributed by atoms with Crippen molar-refractivity contribution in [1.29, 1.82) is 0 Å². The minimum atomic E-state index is -4.60. The topological polar surface area (TPSA) is 87.3 Å². The maximum Gasteiger partial charge on any atom is 0.416 e. The van der Waals surface area contributed by atoms with Gasteiger partial charge in [0.15, 0.2) is 0 Å². The molecule has 2 aromatic rings. The highest BCUT2D eigenvalue weighted by molar-refractivity contribution is 9.10. The molecule has 0 saturated carbocycles. The summed E-state index contributed by atoms with van der Waals surface area (Å²) in [6, 6.07) is 9.19. The molecule has 29 heavy (non-hydrogen) atoms. The zero-order chi connectivity index (χ0) is 21.6. The number of carbonyl (C=O) groups is 3. The predicted molar refractivity (Wildman–Crippen MR) is 105 cm³/mol. The summed E-state index contributed by atoms with van der Waals surface area (Å²) in [5.41, 5.74) is -0.707. The number of benzene rings is 2. The molecule has 0 atom stereocenters. The minimum absolute atomic E-state index is 0.0187. The first-order chi connectivity index (χ1) is 13.6. The number of halogens is 4. The van der Waals surface area contributed by atoms with Crippen molar-refractivity contribution >= 4 is 45.0 Å². The molecule has 154 valence electrons. The molecule has 0 saturated heterocycles. The first-order valence-corrected chi connectivity index (χ1v) is 9.18. The molecule has 0 aliphatic heterocycles. The smallest absolute Gasteiger partial charge is 0.352 e. The molecule has 0 aliphatic rings. The normalized spacial score (nSPS) is 10.9. The van der Waals surface area contributed by atoms with Crippen molar-refractivity contribution in [3.63, 3.8) is 0 Å². The van der Waals surface area contributed by atoms with Crippen LogP contribution in [-0.4, -0.2) is 24.3 Å². The van der Waals surface area contributed by atoms with Crippen molar-refractivity contribution in [3.8, 4) is 0 Å². The summed E-state index contributed by atoms with van der Waals surface area (Å²) in [4.78, 5) is 35.3. The molecule has 3 N–H and O–H groups in total. The molecule has 0 aliphatic carbocycles. The van der Waals surface area contributed by atoms with E-state index < -0.39 is 23.6 Å². The number of alkyl halides is 3. The van der Waals surface area contributed by atoms with Gasteiger partial charge in [-0.3, -0.25) is 14.4 Å². The second-order valence-corrected chi connectivity index (χ2v) is 6.92. The van der Waals surface area contributed by atoms with Gasteiger partial charge in [0, 0.05) is 29.9 Å². The molecule has 3 amide bonds. The van der Waals surface area contributed by atoms with Gasteiger partial charge < -0.3 is 16.0 Å². The van der Waals surface area contributed by atoms with E-state index in [0.717, 1.165) is 22.7 Å². The summed E-state index contributed by atoms with van der Waals surface area (Å²) < 4.78 is 39.6. The lowest BCUT2D eigenvalue weighted by molar-refractivity contribution is -0.137. The highest BCUT2D eigenvalue weighted by Gasteiger charge is 2.31. The molecule has 2 aromatic carbocycles. The second-order valence-electron chi connectivity index (χ2n) is 6.00. The van der Waals surface area contributed by atoms with E-state index in [2.05, 4.69) is 31.9 Å². The number of anilines is 2. The van der Waals surface area contributed by atoms with Gasteiger partial charge in [-0.2, -0.15) is 13.2 Å². The molecule has 0 spiro atoms. The highest BCUT2D eigenvalue weighted by Crippen LogP contribution is 2.34. The number of amides is 3. The molecule has 0 aromatic heterocycles. The van der Waals surface area contributed by atoms with Gasteiger partial charge in [-0.1, -0.05) is 15.9 Å². The summed E-state index contributed by atoms with van der Waals surface area (Å²) >= 11 is 3.25. The van der Waals surface area contributed by atoms with Crippen LogP contribution in [0.4, 0.5) is 24.5 Å². The molecular formula is C19H17BrF3N3O3. The van der Waals surface area contributed by atoms with Crippen molar-refractivity contribution in [1.82, 2.24) is 5.32 Å². The van der Waals surface area contributed by atoms with Crippen LogP contribution < -0.4 is 16.0 Å². The van der Waals surface area contributed by atoms with E-state index in [-0.39, 0.29) is 30.2 Å². The average molecular weight is 472 g/mol. The van der Waals surface area contributed by atoms with Gasteiger partial charge in [0.2, 0.25) is 11.8 Å². The van der Waals surface area contributed by atoms with Crippen LogP contribution in [0.1, 0.15) is 29.3 Å². The van der Waals surface area contributed by atoms with Crippen LogP contribution in [0.2, 0.25) is 0 Å². The standard InChI is InChI=1S/C19H17BrF3N3O3/c1-11(27)25-15-7-4-13(19(21,22)23)10-16(15)26-17(28)8-9-24-18(29)12-2-5-14(20)6-3-12/h2-7,10H,8-9H2,1H3,(H,24,29)(H,25,27)(H,26,28). The van der Waals surface area contributed by atoms with Crippen LogP contribution in [0.5, 0.6) is 0 Å². The maximum atomic E-state index is 12.9. The van der Waals surface area contributed by atoms with Crippen molar-refractivity contribution in [2.45, 2.75) is 19.5 Å². The number of hydrogen-bond donors (Lipinski definition) is 3. The van der Waals surface area contributed by atoms with Gasteiger partial charge in [-0.25, -0.2) is 0 Å². The molecular weight excluding hydrogens is 455 g/mol. The first kappa shape index (κ1) is 22.4. The van der Waals surface area contributed by atoms with E-state index in [1.165, 1.54) is 6.92 Å². The maximum absolute atomic E-state index is 12.9. The molecule has 0 bridgehead atoms. The van der Waals surface area contributed by atoms with Gasteiger partial charge in [0.25, 0.3) is 5.91 Å². The molecule has 0 radical (unpaired) electrons. The fourth-order valence-corrected chi connectivity index (χ4v) is 2.59. The molecule has 0 unspecified atom stereocenters. The fraction of sp³-hybridized carbons (Fsp3) is 0.211. The number of carbonyl (C=O) groups excluding carboxylic acids is 3. The van der Waals surface area contributed by atoms with Crippen molar-refractivity contribution in [2.75, 3.05) is 17.2 Å². The van der Waals surface area contributed by atoms with E-state index in [1.807, 2.05) is 0 Å². The summed E-state index contributed by atoms with van der Waals surface area (Å²) in [5, 5.41) is 7.25. The zero-order valence-corrected chi connectivity index (χ0v) is 16.8. The Labute approximate surface area is 173 Å². The van der Waals surface area contributed by atoms with Crippen molar-refractivity contribution < 1.29 is 27.6 Å². The third-order valence-electron chi connectivity index (χ3n) is 3.68. The van der Waals surface area contributed by atoms with Crippen LogP contribution in [0.3, 0.4) is 0 Å². The van der Waals surface area contributed by atoms with Crippen LogP contribution in [0.25, 0.3) is 0 Å². The van der Waals surface area contributed by atoms with Crippen LogP contribution in [0.15, 0.2) is 46.9 Å². The predicted octanol–water partition coefficient (Wildman–Crippen LogP) is 4.18. The van der Waals surface area contributed by atoms with E-state index in [9.17, 15) is 27.6 Å². The van der Waals surface area contributed by atoms with E-state index in [0.29, 0.717) is 5.56 Å². The monoisotopic (exact) mass is 471 g/mol. The number of nitrogens with one attached hydrogen (secondary N) is 3. The quantitative estimate of drug-likeness (QED) is 0.590. The van der Waals surface area contributed by atoms with Crippen LogP contribution in [-0.2, 0) is 15.8 Å². The lowest BCUT2D eigenvalue weighted by Crippen LogP contribution is -2.27. The van der Waals surface area contributed by atoms with Gasteiger partial charge in [-0.15, -0.1) is 0 Å². The summed E-state index contributed by atoms with van der Waals surface area (Å²) in [6.45, 7) is 1.18. The minimum Gasteiger partial charge on any atom is -0.352 e. The number of rotatable bonds is 6. The Morgan fingerprint density at radius 1 is 0.966 bits per heavy atom. The lowest BCUT2D eigenvalue weighted by Gasteiger charge is -2.15. The SMILES string of the molecule is CC(=O)Nc1ccc(C(F)(F)F)cc1NC(=O)CCNC(=O)c1ccc(Br)cc1. The van der Waals surface area contributed by atoms with Crippen molar-refractivity contribution in [3.05, 3.63) is 58.1 Å². The molecule has 0 heterocycles. The summed E-state index contributed by atoms with van der Waals surface area (Å²) in [5.74, 6) is -1.50. The average Bonchev–Trinajstić information content (AvgIpc) is 2.62. The first-order valence-electron chi connectivity index (χ1n) is 8.38. The Morgan fingerprint density at radius 3 is 2.21 bits per heavy atom. The van der Waals surface area contributed by atoms with E-state index >= 15 is 0 Å². The third-order valence-corrected chi connectivity index (χ3v) is 4.20. The lowest BCUT2D eigenvalue weighted by atomic mass is 10.1. The Morgan fingerprint density at radius 2 is 1.62 bits per heavy atom. The van der Waals surface area contributed by atoms with E-state index in [1.54, 1.807) is 24.3 Å². The van der Waals surface area contributed by atoms with E-state index in [4.69, 9.17) is 0 Å². The Balaban J connectivity index is 2.00.